The lowest BCUT2D eigenvalue weighted by Gasteiger charge is -2.18. The highest BCUT2D eigenvalue weighted by Crippen LogP contribution is 2.34. The van der Waals surface area contributed by atoms with E-state index in [-0.39, 0.29) is 9.79 Å². The van der Waals surface area contributed by atoms with Crippen LogP contribution in [0.2, 0.25) is 0 Å². The van der Waals surface area contributed by atoms with Crippen molar-refractivity contribution in [3.05, 3.63) is 54.3 Å². The summed E-state index contributed by atoms with van der Waals surface area (Å²) in [7, 11) is -3.68. The van der Waals surface area contributed by atoms with E-state index >= 15 is 0 Å². The van der Waals surface area contributed by atoms with Crippen LogP contribution in [-0.2, 0) is 16.3 Å². The van der Waals surface area contributed by atoms with E-state index in [1.807, 2.05) is 19.1 Å². The monoisotopic (exact) mass is 401 g/mol. The van der Waals surface area contributed by atoms with Crippen molar-refractivity contribution >= 4 is 20.8 Å². The normalized spacial score (nSPS) is 12.0. The lowest BCUT2D eigenvalue weighted by atomic mass is 10.2. The number of nitrogens with zero attached hydrogens (tertiary/aromatic N) is 1. The van der Waals surface area contributed by atoms with E-state index in [9.17, 15) is 8.42 Å². The molecule has 0 amide bonds. The molecule has 150 valence electrons. The van der Waals surface area contributed by atoms with E-state index in [0.717, 1.165) is 19.6 Å². The molecule has 0 bridgehead atoms. The fourth-order valence-electron chi connectivity index (χ4n) is 3.27. The van der Waals surface area contributed by atoms with Crippen LogP contribution in [0.1, 0.15) is 26.5 Å². The molecule has 0 unspecified atom stereocenters. The maximum atomic E-state index is 13.3. The largest absolute Gasteiger partial charge is 0.492 e. The van der Waals surface area contributed by atoms with Crippen LogP contribution in [-0.4, -0.2) is 39.6 Å². The topological polar surface area (TPSA) is 59.8 Å². The van der Waals surface area contributed by atoms with Crippen molar-refractivity contribution in [1.29, 1.82) is 0 Å². The minimum Gasteiger partial charge on any atom is -0.492 e. The lowest BCUT2D eigenvalue weighted by Crippen LogP contribution is -2.27. The SMILES string of the molecule is CCc1oc2ccccc2c1S(=O)(=O)c1ccc(OCCN(CC)CC)cc1. The highest BCUT2D eigenvalue weighted by atomic mass is 32.2. The average molecular weight is 402 g/mol. The molecule has 1 heterocycles. The fraction of sp³-hybridized carbons (Fsp3) is 0.364. The maximum Gasteiger partial charge on any atom is 0.210 e. The van der Waals surface area contributed by atoms with E-state index in [0.29, 0.717) is 35.5 Å². The first-order valence-electron chi connectivity index (χ1n) is 9.71. The summed E-state index contributed by atoms with van der Waals surface area (Å²) in [5, 5.41) is 0.624. The number of hydrogen-bond donors (Lipinski definition) is 0. The predicted octanol–water partition coefficient (Wildman–Crippen LogP) is 4.55. The Kier molecular flexibility index (Phi) is 6.42. The molecular formula is C22H27NO4S. The Balaban J connectivity index is 1.84. The number of benzene rings is 2. The standard InChI is InChI=1S/C22H27NO4S/c1-4-20-22(19-9-7-8-10-21(19)27-20)28(24,25)18-13-11-17(12-14-18)26-16-15-23(5-2)6-3/h7-14H,4-6,15-16H2,1-3H3. The Morgan fingerprint density at radius 1 is 0.964 bits per heavy atom. The summed E-state index contributed by atoms with van der Waals surface area (Å²) in [4.78, 5) is 2.78. The second kappa shape index (κ2) is 8.80. The number of furan rings is 1. The highest BCUT2D eigenvalue weighted by Gasteiger charge is 2.27. The number of para-hydroxylation sites is 1. The zero-order valence-corrected chi connectivity index (χ0v) is 17.5. The molecule has 0 fully saturated rings. The summed E-state index contributed by atoms with van der Waals surface area (Å²) in [6.45, 7) is 9.50. The van der Waals surface area contributed by atoms with Crippen LogP contribution in [0, 0.1) is 0 Å². The van der Waals surface area contributed by atoms with Gasteiger partial charge in [-0.25, -0.2) is 8.42 Å². The number of fused-ring (bicyclic) bond motifs is 1. The quantitative estimate of drug-likeness (QED) is 0.526. The molecule has 0 aliphatic carbocycles. The zero-order chi connectivity index (χ0) is 20.1. The predicted molar refractivity (Wildman–Crippen MR) is 111 cm³/mol. The molecule has 3 rings (SSSR count). The number of ether oxygens (including phenoxy) is 1. The third-order valence-corrected chi connectivity index (χ3v) is 6.79. The second-order valence-corrected chi connectivity index (χ2v) is 8.44. The minimum absolute atomic E-state index is 0.241. The number of sulfone groups is 1. The summed E-state index contributed by atoms with van der Waals surface area (Å²) < 4.78 is 38.1. The van der Waals surface area contributed by atoms with Crippen LogP contribution in [0.4, 0.5) is 0 Å². The third kappa shape index (κ3) is 4.08. The first-order chi connectivity index (χ1) is 13.5. The van der Waals surface area contributed by atoms with Crippen LogP contribution in [0.3, 0.4) is 0 Å². The van der Waals surface area contributed by atoms with Gasteiger partial charge in [0.2, 0.25) is 9.84 Å². The third-order valence-electron chi connectivity index (χ3n) is 4.91. The average Bonchev–Trinajstić information content (AvgIpc) is 3.11. The van der Waals surface area contributed by atoms with E-state index in [4.69, 9.17) is 9.15 Å². The summed E-state index contributed by atoms with van der Waals surface area (Å²) in [6.07, 6.45) is 0.510. The molecule has 0 spiro atoms. The lowest BCUT2D eigenvalue weighted by molar-refractivity contribution is 0.222. The van der Waals surface area contributed by atoms with Crippen molar-refractivity contribution in [3.8, 4) is 5.75 Å². The van der Waals surface area contributed by atoms with Gasteiger partial charge in [0.15, 0.2) is 0 Å². The summed E-state index contributed by atoms with van der Waals surface area (Å²) in [6, 6.07) is 13.9. The molecule has 0 aliphatic rings. The maximum absolute atomic E-state index is 13.3. The Labute approximate surface area is 166 Å². The Morgan fingerprint density at radius 3 is 2.29 bits per heavy atom. The van der Waals surface area contributed by atoms with Gasteiger partial charge in [-0.05, 0) is 49.5 Å². The van der Waals surface area contributed by atoms with Crippen LogP contribution in [0.25, 0.3) is 11.0 Å². The Bertz CT molecular complexity index is 1020. The van der Waals surface area contributed by atoms with Crippen molar-refractivity contribution in [2.75, 3.05) is 26.2 Å². The molecule has 2 aromatic carbocycles. The van der Waals surface area contributed by atoms with Crippen molar-refractivity contribution in [2.24, 2.45) is 0 Å². The van der Waals surface area contributed by atoms with Gasteiger partial charge in [-0.3, -0.25) is 0 Å². The van der Waals surface area contributed by atoms with Crippen molar-refractivity contribution in [1.82, 2.24) is 4.90 Å². The molecule has 0 saturated carbocycles. The molecule has 6 heteroatoms. The number of hydrogen-bond acceptors (Lipinski definition) is 5. The van der Waals surface area contributed by atoms with Gasteiger partial charge in [0.1, 0.15) is 28.6 Å². The van der Waals surface area contributed by atoms with Gasteiger partial charge < -0.3 is 14.1 Å². The van der Waals surface area contributed by atoms with E-state index < -0.39 is 9.84 Å². The first kappa shape index (κ1) is 20.4. The zero-order valence-electron chi connectivity index (χ0n) is 16.6. The molecule has 1 aromatic heterocycles. The van der Waals surface area contributed by atoms with Gasteiger partial charge in [0.25, 0.3) is 0 Å². The van der Waals surface area contributed by atoms with Crippen LogP contribution >= 0.6 is 0 Å². The molecule has 28 heavy (non-hydrogen) atoms. The van der Waals surface area contributed by atoms with Crippen molar-refractivity contribution < 1.29 is 17.6 Å². The second-order valence-electron chi connectivity index (χ2n) is 6.55. The molecule has 0 N–H and O–H groups in total. The van der Waals surface area contributed by atoms with E-state index in [2.05, 4.69) is 18.7 Å². The molecule has 0 aliphatic heterocycles. The Morgan fingerprint density at radius 2 is 1.64 bits per heavy atom. The fourth-order valence-corrected chi connectivity index (χ4v) is 4.94. The molecule has 3 aromatic rings. The molecule has 5 nitrogen and oxygen atoms in total. The van der Waals surface area contributed by atoms with Gasteiger partial charge in [-0.2, -0.15) is 0 Å². The number of rotatable bonds is 9. The van der Waals surface area contributed by atoms with Gasteiger partial charge in [-0.15, -0.1) is 0 Å². The minimum atomic E-state index is -3.68. The van der Waals surface area contributed by atoms with Gasteiger partial charge >= 0.3 is 0 Å². The van der Waals surface area contributed by atoms with Gasteiger partial charge in [-0.1, -0.05) is 32.9 Å². The summed E-state index contributed by atoms with van der Waals surface area (Å²) in [5.74, 6) is 1.15. The van der Waals surface area contributed by atoms with Crippen LogP contribution in [0.15, 0.2) is 62.7 Å². The van der Waals surface area contributed by atoms with Gasteiger partial charge in [0.05, 0.1) is 4.90 Å². The molecule has 0 atom stereocenters. The van der Waals surface area contributed by atoms with Crippen LogP contribution < -0.4 is 4.74 Å². The Hall–Kier alpha value is -2.31. The summed E-state index contributed by atoms with van der Waals surface area (Å²) >= 11 is 0. The molecule has 0 saturated heterocycles. The molecular weight excluding hydrogens is 374 g/mol. The highest BCUT2D eigenvalue weighted by molar-refractivity contribution is 7.91. The van der Waals surface area contributed by atoms with Crippen molar-refractivity contribution in [3.63, 3.8) is 0 Å². The van der Waals surface area contributed by atoms with Gasteiger partial charge in [0, 0.05) is 18.4 Å². The van der Waals surface area contributed by atoms with E-state index in [1.165, 1.54) is 0 Å². The van der Waals surface area contributed by atoms with Crippen molar-refractivity contribution in [2.45, 2.75) is 37.0 Å². The molecule has 0 radical (unpaired) electrons. The van der Waals surface area contributed by atoms with Crippen LogP contribution in [0.5, 0.6) is 5.75 Å². The number of likely N-dealkylation sites (N-methyl/N-ethyl adjacent to an activating group) is 1. The van der Waals surface area contributed by atoms with E-state index in [1.54, 1.807) is 36.4 Å². The number of aryl methyl sites for hydroxylation is 1. The smallest absolute Gasteiger partial charge is 0.210 e. The first-order valence-corrected chi connectivity index (χ1v) is 11.2. The summed E-state index contributed by atoms with van der Waals surface area (Å²) in [5.41, 5.74) is 0.592.